The minimum absolute atomic E-state index is 0.00763. The van der Waals surface area contributed by atoms with Gasteiger partial charge in [-0.3, -0.25) is 4.79 Å². The number of nitrogens with zero attached hydrogens (tertiary/aromatic N) is 2. The van der Waals surface area contributed by atoms with Gasteiger partial charge in [0.25, 0.3) is 0 Å². The van der Waals surface area contributed by atoms with Crippen molar-refractivity contribution in [3.8, 4) is 0 Å². The summed E-state index contributed by atoms with van der Waals surface area (Å²) in [4.78, 5) is 23.6. The minimum atomic E-state index is -0.720. The van der Waals surface area contributed by atoms with Gasteiger partial charge < -0.3 is 5.32 Å². The van der Waals surface area contributed by atoms with Crippen LogP contribution in [-0.4, -0.2) is 15.9 Å². The Hall–Kier alpha value is -2.17. The average Bonchev–Trinajstić information content (AvgIpc) is 3.04. The van der Waals surface area contributed by atoms with Crippen LogP contribution in [0.3, 0.4) is 0 Å². The summed E-state index contributed by atoms with van der Waals surface area (Å²) in [7, 11) is 0. The molecule has 0 spiro atoms. The third kappa shape index (κ3) is 2.42. The summed E-state index contributed by atoms with van der Waals surface area (Å²) < 4.78 is 0. The van der Waals surface area contributed by atoms with Gasteiger partial charge in [0.1, 0.15) is 0 Å². The second kappa shape index (κ2) is 6.16. The lowest BCUT2D eigenvalue weighted by atomic mass is 9.67. The predicted octanol–water partition coefficient (Wildman–Crippen LogP) is 6.04. The van der Waals surface area contributed by atoms with E-state index < -0.39 is 5.41 Å². The number of aryl methyl sites for hydroxylation is 1. The molecule has 1 N–H and O–H groups in total. The van der Waals surface area contributed by atoms with Crippen LogP contribution in [0.25, 0.3) is 11.0 Å². The third-order valence-corrected chi connectivity index (χ3v) is 7.75. The van der Waals surface area contributed by atoms with Crippen LogP contribution in [0.4, 0.5) is 5.69 Å². The molecule has 3 aromatic rings. The van der Waals surface area contributed by atoms with Gasteiger partial charge in [0.05, 0.1) is 37.9 Å². The molecule has 1 saturated carbocycles. The number of amides is 1. The molecular formula is C23H21Cl2N3O. The Bertz CT molecular complexity index is 1190. The molecule has 1 fully saturated rings. The Morgan fingerprint density at radius 3 is 2.45 bits per heavy atom. The first-order valence-electron chi connectivity index (χ1n) is 9.80. The second-order valence-electron chi connectivity index (χ2n) is 8.70. The molecule has 0 saturated heterocycles. The van der Waals surface area contributed by atoms with E-state index in [1.54, 1.807) is 12.1 Å². The molecule has 2 atom stereocenters. The Kier molecular flexibility index (Phi) is 4.00. The molecule has 2 aliphatic rings. The molecule has 2 bridgehead atoms. The number of anilines is 1. The first-order chi connectivity index (χ1) is 13.8. The zero-order chi connectivity index (χ0) is 20.6. The van der Waals surface area contributed by atoms with Crippen LogP contribution in [0.2, 0.25) is 10.0 Å². The topological polar surface area (TPSA) is 54.9 Å². The van der Waals surface area contributed by atoms with E-state index in [1.165, 1.54) is 0 Å². The van der Waals surface area contributed by atoms with Crippen molar-refractivity contribution in [1.82, 2.24) is 9.97 Å². The lowest BCUT2D eigenvalue weighted by molar-refractivity contribution is -0.124. The van der Waals surface area contributed by atoms with Crippen LogP contribution in [0, 0.1) is 12.3 Å². The number of carbonyl (C=O) groups is 1. The fourth-order valence-electron chi connectivity index (χ4n) is 5.32. The largest absolute Gasteiger partial charge is 0.325 e. The van der Waals surface area contributed by atoms with Crippen molar-refractivity contribution in [2.24, 2.45) is 5.41 Å². The van der Waals surface area contributed by atoms with Crippen molar-refractivity contribution >= 4 is 45.8 Å². The quantitative estimate of drug-likeness (QED) is 0.544. The second-order valence-corrected chi connectivity index (χ2v) is 9.51. The zero-order valence-electron chi connectivity index (χ0n) is 16.5. The maximum atomic E-state index is 13.8. The van der Waals surface area contributed by atoms with Gasteiger partial charge in [0.2, 0.25) is 5.91 Å². The van der Waals surface area contributed by atoms with E-state index >= 15 is 0 Å². The number of nitrogens with one attached hydrogen (secondary N) is 1. The van der Waals surface area contributed by atoms with Gasteiger partial charge in [-0.05, 0) is 48.9 Å². The number of aromatic nitrogens is 2. The summed E-state index contributed by atoms with van der Waals surface area (Å²) in [6.45, 7) is 6.32. The fraction of sp³-hybridized carbons (Fsp3) is 0.348. The van der Waals surface area contributed by atoms with E-state index in [1.807, 2.05) is 31.2 Å². The first-order valence-corrected chi connectivity index (χ1v) is 10.6. The number of hydrogen-bond acceptors (Lipinski definition) is 3. The van der Waals surface area contributed by atoms with Crippen LogP contribution in [0.15, 0.2) is 36.4 Å². The maximum absolute atomic E-state index is 13.8. The molecule has 1 amide bonds. The van der Waals surface area contributed by atoms with E-state index in [2.05, 4.69) is 19.2 Å². The minimum Gasteiger partial charge on any atom is -0.325 e. The van der Waals surface area contributed by atoms with Crippen molar-refractivity contribution in [3.05, 3.63) is 63.4 Å². The molecule has 0 aliphatic heterocycles. The smallest absolute Gasteiger partial charge is 0.237 e. The van der Waals surface area contributed by atoms with Crippen molar-refractivity contribution < 1.29 is 4.79 Å². The van der Waals surface area contributed by atoms with E-state index in [0.717, 1.165) is 41.0 Å². The molecule has 4 nitrogen and oxygen atoms in total. The van der Waals surface area contributed by atoms with Crippen LogP contribution in [0.1, 0.15) is 49.6 Å². The highest BCUT2D eigenvalue weighted by Gasteiger charge is 2.67. The van der Waals surface area contributed by atoms with Crippen molar-refractivity contribution in [2.75, 3.05) is 5.32 Å². The molecule has 1 heterocycles. The van der Waals surface area contributed by atoms with E-state index in [0.29, 0.717) is 15.6 Å². The highest BCUT2D eigenvalue weighted by atomic mass is 35.5. The lowest BCUT2D eigenvalue weighted by Crippen LogP contribution is -2.46. The molecule has 2 unspecified atom stereocenters. The van der Waals surface area contributed by atoms with Gasteiger partial charge in [-0.15, -0.1) is 0 Å². The van der Waals surface area contributed by atoms with Crippen LogP contribution in [-0.2, 0) is 10.2 Å². The van der Waals surface area contributed by atoms with Crippen LogP contribution in [0.5, 0.6) is 0 Å². The number of rotatable bonds is 2. The maximum Gasteiger partial charge on any atom is 0.237 e. The Labute approximate surface area is 179 Å². The summed E-state index contributed by atoms with van der Waals surface area (Å²) in [5.74, 6) is 0.179. The summed E-state index contributed by atoms with van der Waals surface area (Å²) in [5, 5.41) is 4.08. The summed E-state index contributed by atoms with van der Waals surface area (Å²) in [5.41, 5.74) is 3.97. The molecule has 2 aromatic carbocycles. The summed E-state index contributed by atoms with van der Waals surface area (Å²) >= 11 is 12.4. The fourth-order valence-corrected chi connectivity index (χ4v) is 5.64. The number of hydrogen-bond donors (Lipinski definition) is 1. The number of fused-ring (bicyclic) bond motifs is 6. The molecule has 0 radical (unpaired) electrons. The normalized spacial score (nSPS) is 24.0. The molecule has 2 aliphatic carbocycles. The monoisotopic (exact) mass is 425 g/mol. The summed E-state index contributed by atoms with van der Waals surface area (Å²) in [6, 6.07) is 11.3. The first kappa shape index (κ1) is 18.8. The highest BCUT2D eigenvalue weighted by molar-refractivity contribution is 6.42. The van der Waals surface area contributed by atoms with Gasteiger partial charge in [0, 0.05) is 11.6 Å². The van der Waals surface area contributed by atoms with Crippen molar-refractivity contribution in [3.63, 3.8) is 0 Å². The molecule has 5 rings (SSSR count). The number of carbonyl (C=O) groups excluding carboxylic acids is 1. The predicted molar refractivity (Wildman–Crippen MR) is 117 cm³/mol. The Balaban J connectivity index is 1.69. The third-order valence-electron chi connectivity index (χ3n) is 7.03. The van der Waals surface area contributed by atoms with Crippen molar-refractivity contribution in [2.45, 2.75) is 44.9 Å². The van der Waals surface area contributed by atoms with E-state index in [4.69, 9.17) is 33.2 Å². The molecule has 29 heavy (non-hydrogen) atoms. The Morgan fingerprint density at radius 1 is 1.10 bits per heavy atom. The van der Waals surface area contributed by atoms with E-state index in [9.17, 15) is 4.79 Å². The number of halogens is 2. The molecule has 6 heteroatoms. The summed E-state index contributed by atoms with van der Waals surface area (Å²) in [6.07, 6.45) is 1.68. The van der Waals surface area contributed by atoms with Gasteiger partial charge in [-0.1, -0.05) is 55.2 Å². The van der Waals surface area contributed by atoms with Crippen molar-refractivity contribution in [1.29, 1.82) is 0 Å². The van der Waals surface area contributed by atoms with Gasteiger partial charge in [-0.2, -0.15) is 0 Å². The average molecular weight is 426 g/mol. The lowest BCUT2D eigenvalue weighted by Gasteiger charge is -2.36. The number of para-hydroxylation sites is 1. The Morgan fingerprint density at radius 2 is 1.76 bits per heavy atom. The van der Waals surface area contributed by atoms with Gasteiger partial charge in [0.15, 0.2) is 0 Å². The standard InChI is InChI=1S/C23H21Cl2N3O/c1-12-6-4-5-7-16(12)28-21(29)23-9-8-13(22(23,2)3)19-20(23)27-18-11-15(25)14(24)10-17(18)26-19/h4-7,10-11,13H,8-9H2,1-3H3,(H,28,29). The molecule has 148 valence electrons. The highest BCUT2D eigenvalue weighted by Crippen LogP contribution is 2.67. The molecular weight excluding hydrogens is 405 g/mol. The SMILES string of the molecule is Cc1ccccc1NC(=O)C12CCC(c3nc4cc(Cl)c(Cl)cc4nc31)C2(C)C. The van der Waals surface area contributed by atoms with Crippen LogP contribution < -0.4 is 5.32 Å². The van der Waals surface area contributed by atoms with E-state index in [-0.39, 0.29) is 17.2 Å². The number of benzene rings is 2. The van der Waals surface area contributed by atoms with Crippen LogP contribution >= 0.6 is 23.2 Å². The zero-order valence-corrected chi connectivity index (χ0v) is 18.0. The van der Waals surface area contributed by atoms with Gasteiger partial charge in [-0.25, -0.2) is 9.97 Å². The molecule has 1 aromatic heterocycles. The van der Waals surface area contributed by atoms with Gasteiger partial charge >= 0.3 is 0 Å².